The predicted octanol–water partition coefficient (Wildman–Crippen LogP) is 2.30. The highest BCUT2D eigenvalue weighted by atomic mass is 15.5. The van der Waals surface area contributed by atoms with Crippen molar-refractivity contribution in [1.29, 1.82) is 5.26 Å². The molecule has 5 heteroatoms. The van der Waals surface area contributed by atoms with Crippen molar-refractivity contribution >= 4 is 5.82 Å². The van der Waals surface area contributed by atoms with E-state index >= 15 is 0 Å². The molecule has 0 bridgehead atoms. The maximum absolute atomic E-state index is 9.07. The van der Waals surface area contributed by atoms with Crippen molar-refractivity contribution in [1.82, 2.24) is 15.0 Å². The van der Waals surface area contributed by atoms with Crippen LogP contribution in [-0.4, -0.2) is 21.5 Å². The van der Waals surface area contributed by atoms with Gasteiger partial charge in [-0.05, 0) is 18.1 Å². The number of anilines is 1. The van der Waals surface area contributed by atoms with E-state index in [0.717, 1.165) is 17.7 Å². The number of aromatic nitrogens is 3. The van der Waals surface area contributed by atoms with E-state index in [9.17, 15) is 0 Å². The Balaban J connectivity index is 2.43. The largest absolute Gasteiger partial charge is 0.363 e. The summed E-state index contributed by atoms with van der Waals surface area (Å²) in [6.45, 7) is 6.24. The third-order valence-electron chi connectivity index (χ3n) is 2.72. The van der Waals surface area contributed by atoms with Crippen LogP contribution in [0.15, 0.2) is 36.9 Å². The number of rotatable bonds is 5. The lowest BCUT2D eigenvalue weighted by Crippen LogP contribution is -2.04. The third kappa shape index (κ3) is 2.63. The van der Waals surface area contributed by atoms with Crippen LogP contribution in [-0.2, 0) is 6.42 Å². The van der Waals surface area contributed by atoms with Crippen LogP contribution >= 0.6 is 0 Å². The predicted molar refractivity (Wildman–Crippen MR) is 74.1 cm³/mol. The zero-order valence-corrected chi connectivity index (χ0v) is 10.8. The van der Waals surface area contributed by atoms with Crippen molar-refractivity contribution in [3.8, 4) is 11.8 Å². The number of nitrogens with one attached hydrogen (secondary N) is 1. The first-order valence-electron chi connectivity index (χ1n) is 6.10. The lowest BCUT2D eigenvalue weighted by atomic mass is 10.1. The van der Waals surface area contributed by atoms with Gasteiger partial charge in [0.05, 0.1) is 5.69 Å². The number of para-hydroxylation sites is 1. The van der Waals surface area contributed by atoms with E-state index in [4.69, 9.17) is 5.26 Å². The Morgan fingerprint density at radius 2 is 2.21 bits per heavy atom. The number of nitrogens with zero attached hydrogens (tertiary/aromatic N) is 4. The molecule has 0 saturated carbocycles. The van der Waals surface area contributed by atoms with Gasteiger partial charge >= 0.3 is 0 Å². The number of nitriles is 1. The molecule has 1 heterocycles. The van der Waals surface area contributed by atoms with E-state index in [1.807, 2.05) is 30.3 Å². The molecule has 1 aromatic carbocycles. The summed E-state index contributed by atoms with van der Waals surface area (Å²) in [6.07, 6.45) is 2.59. The molecular formula is C14H15N5. The molecule has 0 atom stereocenters. The second-order valence-corrected chi connectivity index (χ2v) is 3.95. The quantitative estimate of drug-likeness (QED) is 0.830. The molecule has 5 nitrogen and oxygen atoms in total. The Hall–Kier alpha value is -2.61. The Labute approximate surface area is 112 Å². The Morgan fingerprint density at radius 3 is 2.89 bits per heavy atom. The van der Waals surface area contributed by atoms with Crippen LogP contribution in [0.5, 0.6) is 0 Å². The Morgan fingerprint density at radius 1 is 1.42 bits per heavy atom. The van der Waals surface area contributed by atoms with Gasteiger partial charge in [-0.3, -0.25) is 0 Å². The molecule has 0 unspecified atom stereocenters. The molecule has 19 heavy (non-hydrogen) atoms. The number of hydrogen-bond acceptors (Lipinski definition) is 4. The van der Waals surface area contributed by atoms with Crippen LogP contribution < -0.4 is 5.32 Å². The SMILES string of the molecule is C=CCNc1nn(-c2ccccc2CC)nc1C#N. The van der Waals surface area contributed by atoms with Crippen LogP contribution in [0.2, 0.25) is 0 Å². The van der Waals surface area contributed by atoms with Gasteiger partial charge in [0.2, 0.25) is 5.69 Å². The average molecular weight is 253 g/mol. The molecule has 1 aromatic heterocycles. The fourth-order valence-corrected chi connectivity index (χ4v) is 1.78. The number of hydrogen-bond donors (Lipinski definition) is 1. The zero-order chi connectivity index (χ0) is 13.7. The molecule has 0 aliphatic carbocycles. The van der Waals surface area contributed by atoms with E-state index in [1.165, 1.54) is 4.80 Å². The first kappa shape index (κ1) is 12.8. The highest BCUT2D eigenvalue weighted by Gasteiger charge is 2.12. The van der Waals surface area contributed by atoms with Crippen molar-refractivity contribution in [2.45, 2.75) is 13.3 Å². The lowest BCUT2D eigenvalue weighted by Gasteiger charge is -2.05. The molecular weight excluding hydrogens is 238 g/mol. The first-order chi connectivity index (χ1) is 9.30. The zero-order valence-electron chi connectivity index (χ0n) is 10.8. The van der Waals surface area contributed by atoms with Crippen molar-refractivity contribution < 1.29 is 0 Å². The molecule has 0 fully saturated rings. The summed E-state index contributed by atoms with van der Waals surface area (Å²) in [6, 6.07) is 9.92. The minimum Gasteiger partial charge on any atom is -0.363 e. The maximum atomic E-state index is 9.07. The van der Waals surface area contributed by atoms with Gasteiger partial charge in [-0.25, -0.2) is 0 Å². The van der Waals surface area contributed by atoms with Crippen molar-refractivity contribution in [3.63, 3.8) is 0 Å². The molecule has 2 aromatic rings. The summed E-state index contributed by atoms with van der Waals surface area (Å²) in [5.74, 6) is 0.480. The minimum atomic E-state index is 0.285. The normalized spacial score (nSPS) is 9.89. The van der Waals surface area contributed by atoms with E-state index < -0.39 is 0 Å². The fourth-order valence-electron chi connectivity index (χ4n) is 1.78. The van der Waals surface area contributed by atoms with Gasteiger partial charge in [-0.15, -0.1) is 21.6 Å². The van der Waals surface area contributed by atoms with Crippen LogP contribution in [0.3, 0.4) is 0 Å². The molecule has 1 N–H and O–H groups in total. The molecule has 0 aliphatic heterocycles. The monoisotopic (exact) mass is 253 g/mol. The summed E-state index contributed by atoms with van der Waals surface area (Å²) in [4.78, 5) is 1.50. The highest BCUT2D eigenvalue weighted by molar-refractivity contribution is 5.49. The smallest absolute Gasteiger partial charge is 0.207 e. The fraction of sp³-hybridized carbons (Fsp3) is 0.214. The molecule has 0 aliphatic rings. The van der Waals surface area contributed by atoms with E-state index in [-0.39, 0.29) is 5.69 Å². The van der Waals surface area contributed by atoms with Crippen molar-refractivity contribution in [2.24, 2.45) is 0 Å². The Kier molecular flexibility index (Phi) is 3.94. The minimum absolute atomic E-state index is 0.285. The van der Waals surface area contributed by atoms with Crippen LogP contribution in [0.25, 0.3) is 5.69 Å². The summed E-state index contributed by atoms with van der Waals surface area (Å²) < 4.78 is 0. The van der Waals surface area contributed by atoms with Crippen molar-refractivity contribution in [2.75, 3.05) is 11.9 Å². The highest BCUT2D eigenvalue weighted by Crippen LogP contribution is 2.16. The Bertz CT molecular complexity index is 621. The van der Waals surface area contributed by atoms with Gasteiger partial charge in [0.1, 0.15) is 6.07 Å². The van der Waals surface area contributed by atoms with Gasteiger partial charge < -0.3 is 5.32 Å². The molecule has 0 spiro atoms. The molecule has 0 amide bonds. The lowest BCUT2D eigenvalue weighted by molar-refractivity contribution is 0.741. The van der Waals surface area contributed by atoms with E-state index in [2.05, 4.69) is 29.0 Å². The first-order valence-corrected chi connectivity index (χ1v) is 6.10. The summed E-state index contributed by atoms with van der Waals surface area (Å²) in [5, 5.41) is 20.6. The second kappa shape index (κ2) is 5.83. The van der Waals surface area contributed by atoms with Gasteiger partial charge in [-0.1, -0.05) is 31.2 Å². The second-order valence-electron chi connectivity index (χ2n) is 3.95. The van der Waals surface area contributed by atoms with Gasteiger partial charge in [0.25, 0.3) is 0 Å². The average Bonchev–Trinajstić information content (AvgIpc) is 2.88. The van der Waals surface area contributed by atoms with E-state index in [0.29, 0.717) is 12.4 Å². The summed E-state index contributed by atoms with van der Waals surface area (Å²) >= 11 is 0. The summed E-state index contributed by atoms with van der Waals surface area (Å²) in [7, 11) is 0. The van der Waals surface area contributed by atoms with Gasteiger partial charge in [0.15, 0.2) is 5.82 Å². The summed E-state index contributed by atoms with van der Waals surface area (Å²) in [5.41, 5.74) is 2.32. The van der Waals surface area contributed by atoms with Gasteiger partial charge in [0, 0.05) is 6.54 Å². The molecule has 2 rings (SSSR count). The van der Waals surface area contributed by atoms with Gasteiger partial charge in [-0.2, -0.15) is 5.26 Å². The van der Waals surface area contributed by atoms with Crippen molar-refractivity contribution in [3.05, 3.63) is 48.2 Å². The third-order valence-corrected chi connectivity index (χ3v) is 2.72. The molecule has 0 saturated heterocycles. The molecule has 96 valence electrons. The van der Waals surface area contributed by atoms with Crippen LogP contribution in [0, 0.1) is 11.3 Å². The standard InChI is InChI=1S/C14H15N5/c1-3-9-16-14-12(10-15)17-19(18-14)13-8-6-5-7-11(13)4-2/h3,5-8H,1,4,9H2,2H3,(H,16,18). The molecule has 0 radical (unpaired) electrons. The van der Waals surface area contributed by atoms with E-state index in [1.54, 1.807) is 6.08 Å². The number of aryl methyl sites for hydroxylation is 1. The van der Waals surface area contributed by atoms with Crippen LogP contribution in [0.1, 0.15) is 18.2 Å². The number of benzene rings is 1. The maximum Gasteiger partial charge on any atom is 0.207 e. The van der Waals surface area contributed by atoms with Crippen LogP contribution in [0.4, 0.5) is 5.82 Å². The topological polar surface area (TPSA) is 66.5 Å².